The van der Waals surface area contributed by atoms with Gasteiger partial charge < -0.3 is 0 Å². The molecule has 2 heteroatoms. The standard InChI is InChI=1S/C18H12N2/c1-2-8-14-13(5-1)11-20-16-10-4-7-12-6-3-9-15(17(12)16)19-18(14)20/h1-11,17H/p+1. The minimum atomic E-state index is 0.347. The molecule has 1 atom stereocenters. The Morgan fingerprint density at radius 2 is 1.90 bits per heavy atom. The van der Waals surface area contributed by atoms with Crippen LogP contribution in [0.5, 0.6) is 0 Å². The van der Waals surface area contributed by atoms with Gasteiger partial charge in [0, 0.05) is 5.39 Å². The third-order valence-electron chi connectivity index (χ3n) is 4.33. The van der Waals surface area contributed by atoms with E-state index in [1.54, 1.807) is 0 Å². The summed E-state index contributed by atoms with van der Waals surface area (Å²) in [5.41, 5.74) is 3.97. The van der Waals surface area contributed by atoms with Crippen molar-refractivity contribution in [1.82, 2.24) is 4.57 Å². The van der Waals surface area contributed by atoms with Gasteiger partial charge >= 0.3 is 0 Å². The molecule has 2 heterocycles. The highest BCUT2D eigenvalue weighted by molar-refractivity contribution is 6.07. The largest absolute Gasteiger partial charge is 0.292 e. The molecule has 0 saturated carbocycles. The normalized spacial score (nSPS) is 22.0. The molecule has 94 valence electrons. The van der Waals surface area contributed by atoms with E-state index < -0.39 is 0 Å². The van der Waals surface area contributed by atoms with Gasteiger partial charge in [0.2, 0.25) is 0 Å². The second-order valence-electron chi connectivity index (χ2n) is 5.42. The Morgan fingerprint density at radius 3 is 2.90 bits per heavy atom. The first-order valence-electron chi connectivity index (χ1n) is 6.93. The summed E-state index contributed by atoms with van der Waals surface area (Å²) in [7, 11) is 0. The van der Waals surface area contributed by atoms with E-state index in [-0.39, 0.29) is 0 Å². The van der Waals surface area contributed by atoms with Crippen LogP contribution in [0.25, 0.3) is 16.5 Å². The van der Waals surface area contributed by atoms with Gasteiger partial charge in [-0.2, -0.15) is 0 Å². The molecule has 2 aliphatic carbocycles. The number of allylic oxidation sites excluding steroid dienone is 8. The van der Waals surface area contributed by atoms with Crippen LogP contribution in [0, 0.1) is 5.92 Å². The van der Waals surface area contributed by atoms with Crippen molar-refractivity contribution in [3.8, 4) is 0 Å². The minimum absolute atomic E-state index is 0.347. The van der Waals surface area contributed by atoms with Gasteiger partial charge in [0.1, 0.15) is 23.5 Å². The summed E-state index contributed by atoms with van der Waals surface area (Å²) in [6, 6.07) is 8.54. The number of fused-ring (bicyclic) bond motifs is 4. The quantitative estimate of drug-likeness (QED) is 0.747. The molecule has 0 radical (unpaired) electrons. The molecular weight excluding hydrogens is 244 g/mol. The zero-order valence-electron chi connectivity index (χ0n) is 10.9. The molecule has 0 fully saturated rings. The number of rotatable bonds is 0. The van der Waals surface area contributed by atoms with E-state index in [0.29, 0.717) is 5.92 Å². The maximum absolute atomic E-state index is 3.63. The summed E-state index contributed by atoms with van der Waals surface area (Å²) < 4.78 is 2.30. The van der Waals surface area contributed by atoms with Crippen molar-refractivity contribution < 1.29 is 4.99 Å². The SMILES string of the molecule is C1=CC2=CC=CC3=[NH+]c4c5ccccc5cn4C(=C1)C23. The van der Waals surface area contributed by atoms with E-state index in [4.69, 9.17) is 0 Å². The maximum atomic E-state index is 3.63. The highest BCUT2D eigenvalue weighted by Crippen LogP contribution is 2.37. The molecule has 0 bridgehead atoms. The summed E-state index contributed by atoms with van der Waals surface area (Å²) in [5.74, 6) is 1.53. The number of nitrogens with one attached hydrogen (secondary N) is 1. The summed E-state index contributed by atoms with van der Waals surface area (Å²) in [5, 5.41) is 2.55. The Morgan fingerprint density at radius 1 is 1.00 bits per heavy atom. The lowest BCUT2D eigenvalue weighted by molar-refractivity contribution is -0.362. The van der Waals surface area contributed by atoms with Crippen LogP contribution in [0.4, 0.5) is 5.82 Å². The third-order valence-corrected chi connectivity index (χ3v) is 4.33. The first-order valence-corrected chi connectivity index (χ1v) is 6.93. The Labute approximate surface area is 116 Å². The second-order valence-corrected chi connectivity index (χ2v) is 5.42. The number of benzene rings is 1. The lowest BCUT2D eigenvalue weighted by Crippen LogP contribution is -2.71. The number of nitrogens with zero attached hydrogens (tertiary/aromatic N) is 1. The molecule has 0 amide bonds. The predicted octanol–water partition coefficient (Wildman–Crippen LogP) is 2.33. The number of hydrogen-bond donors (Lipinski definition) is 1. The molecule has 20 heavy (non-hydrogen) atoms. The molecule has 2 nitrogen and oxygen atoms in total. The molecule has 1 unspecified atom stereocenters. The van der Waals surface area contributed by atoms with Crippen LogP contribution in [-0.2, 0) is 0 Å². The predicted molar refractivity (Wildman–Crippen MR) is 81.7 cm³/mol. The fourth-order valence-corrected chi connectivity index (χ4v) is 3.43. The fourth-order valence-electron chi connectivity index (χ4n) is 3.43. The Hall–Kier alpha value is -2.61. The van der Waals surface area contributed by atoms with Crippen molar-refractivity contribution in [3.63, 3.8) is 0 Å². The first kappa shape index (κ1) is 10.2. The van der Waals surface area contributed by atoms with Crippen LogP contribution in [0.15, 0.2) is 72.5 Å². The van der Waals surface area contributed by atoms with Crippen LogP contribution < -0.4 is 4.99 Å². The fraction of sp³-hybridized carbons (Fsp3) is 0.0556. The highest BCUT2D eigenvalue weighted by Gasteiger charge is 2.37. The Bertz CT molecular complexity index is 901. The molecule has 1 aromatic carbocycles. The molecule has 1 N–H and O–H groups in total. The molecule has 0 spiro atoms. The Balaban J connectivity index is 1.91. The molecule has 0 saturated heterocycles. The van der Waals surface area contributed by atoms with Crippen molar-refractivity contribution in [2.24, 2.45) is 5.92 Å². The van der Waals surface area contributed by atoms with Crippen molar-refractivity contribution in [2.75, 3.05) is 0 Å². The summed E-state index contributed by atoms with van der Waals surface area (Å²) in [6.45, 7) is 0. The van der Waals surface area contributed by atoms with E-state index in [2.05, 4.69) is 76.5 Å². The van der Waals surface area contributed by atoms with E-state index in [1.807, 2.05) is 0 Å². The van der Waals surface area contributed by atoms with Gasteiger partial charge in [-0.15, -0.1) is 0 Å². The highest BCUT2D eigenvalue weighted by atomic mass is 15.1. The molecule has 2 aromatic rings. The average molecular weight is 257 g/mol. The number of aromatic nitrogens is 1. The van der Waals surface area contributed by atoms with Crippen LogP contribution >= 0.6 is 0 Å². The summed E-state index contributed by atoms with van der Waals surface area (Å²) >= 11 is 0. The summed E-state index contributed by atoms with van der Waals surface area (Å²) in [4.78, 5) is 3.63. The lowest BCUT2D eigenvalue weighted by Gasteiger charge is -2.26. The molecule has 5 rings (SSSR count). The van der Waals surface area contributed by atoms with Crippen LogP contribution in [-0.4, -0.2) is 10.3 Å². The van der Waals surface area contributed by atoms with Gasteiger partial charge in [-0.3, -0.25) is 0 Å². The maximum Gasteiger partial charge on any atom is 0.292 e. The Kier molecular flexibility index (Phi) is 1.78. The molecule has 3 aliphatic rings. The van der Waals surface area contributed by atoms with E-state index in [9.17, 15) is 0 Å². The summed E-state index contributed by atoms with van der Waals surface area (Å²) in [6.07, 6.45) is 15.3. The molecule has 1 aromatic heterocycles. The molecule has 1 aliphatic heterocycles. The average Bonchev–Trinajstić information content (AvgIpc) is 2.87. The lowest BCUT2D eigenvalue weighted by atomic mass is 9.83. The second kappa shape index (κ2) is 3.48. The van der Waals surface area contributed by atoms with Gasteiger partial charge in [-0.05, 0) is 23.8 Å². The smallest absolute Gasteiger partial charge is 0.243 e. The van der Waals surface area contributed by atoms with Crippen molar-refractivity contribution >= 4 is 28.0 Å². The topological polar surface area (TPSA) is 18.9 Å². The van der Waals surface area contributed by atoms with Gasteiger partial charge in [-0.25, -0.2) is 9.56 Å². The van der Waals surface area contributed by atoms with Gasteiger partial charge in [0.25, 0.3) is 5.82 Å². The van der Waals surface area contributed by atoms with Gasteiger partial charge in [0.05, 0.1) is 5.39 Å². The van der Waals surface area contributed by atoms with Crippen LogP contribution in [0.1, 0.15) is 0 Å². The van der Waals surface area contributed by atoms with E-state index >= 15 is 0 Å². The zero-order valence-corrected chi connectivity index (χ0v) is 10.9. The van der Waals surface area contributed by atoms with Crippen molar-refractivity contribution in [3.05, 3.63) is 72.5 Å². The monoisotopic (exact) mass is 257 g/mol. The van der Waals surface area contributed by atoms with E-state index in [1.165, 1.54) is 33.6 Å². The number of hydrogen-bond acceptors (Lipinski definition) is 0. The van der Waals surface area contributed by atoms with Gasteiger partial charge in [0.15, 0.2) is 0 Å². The van der Waals surface area contributed by atoms with Crippen molar-refractivity contribution in [1.29, 1.82) is 0 Å². The van der Waals surface area contributed by atoms with Crippen LogP contribution in [0.3, 0.4) is 0 Å². The van der Waals surface area contributed by atoms with Crippen molar-refractivity contribution in [2.45, 2.75) is 0 Å². The minimum Gasteiger partial charge on any atom is -0.243 e. The third kappa shape index (κ3) is 1.16. The molecular formula is C18H13N2+. The van der Waals surface area contributed by atoms with Crippen LogP contribution in [0.2, 0.25) is 0 Å². The van der Waals surface area contributed by atoms with E-state index in [0.717, 1.165) is 0 Å². The first-order chi connectivity index (χ1) is 9.92. The zero-order chi connectivity index (χ0) is 13.1. The van der Waals surface area contributed by atoms with Gasteiger partial charge in [-0.1, -0.05) is 42.5 Å².